The molecule has 0 radical (unpaired) electrons. The maximum absolute atomic E-state index is 13.1. The van der Waals surface area contributed by atoms with Gasteiger partial charge in [0.2, 0.25) is 5.91 Å². The number of rotatable bonds is 4. The fraction of sp³-hybridized carbons (Fsp3) is 0.160. The molecule has 0 unspecified atom stereocenters. The van der Waals surface area contributed by atoms with Gasteiger partial charge in [-0.25, -0.2) is 9.97 Å². The van der Waals surface area contributed by atoms with Crippen LogP contribution in [-0.4, -0.2) is 28.2 Å². The van der Waals surface area contributed by atoms with Crippen LogP contribution < -0.4 is 4.90 Å². The zero-order valence-electron chi connectivity index (χ0n) is 16.5. The van der Waals surface area contributed by atoms with Crippen LogP contribution in [0.5, 0.6) is 0 Å². The molecule has 1 amide bonds. The van der Waals surface area contributed by atoms with Crippen LogP contribution in [-0.2, 0) is 11.2 Å². The van der Waals surface area contributed by atoms with Gasteiger partial charge < -0.3 is 4.90 Å². The van der Waals surface area contributed by atoms with Crippen molar-refractivity contribution in [2.24, 2.45) is 0 Å². The van der Waals surface area contributed by atoms with Gasteiger partial charge in [0.05, 0.1) is 16.8 Å². The quantitative estimate of drug-likeness (QED) is 0.424. The first-order valence-electron chi connectivity index (χ1n) is 10.1. The van der Waals surface area contributed by atoms with Crippen molar-refractivity contribution in [3.63, 3.8) is 0 Å². The Labute approximate surface area is 180 Å². The second kappa shape index (κ2) is 8.28. The Morgan fingerprint density at radius 2 is 1.57 bits per heavy atom. The van der Waals surface area contributed by atoms with E-state index in [0.29, 0.717) is 5.75 Å². The molecule has 4 nitrogen and oxygen atoms in total. The highest BCUT2D eigenvalue weighted by Crippen LogP contribution is 2.32. The third kappa shape index (κ3) is 3.68. The van der Waals surface area contributed by atoms with Crippen molar-refractivity contribution in [2.75, 3.05) is 17.2 Å². The van der Waals surface area contributed by atoms with Crippen molar-refractivity contribution < 1.29 is 4.79 Å². The number of para-hydroxylation sites is 3. The molecular formula is C25H21N3OS. The summed E-state index contributed by atoms with van der Waals surface area (Å²) in [6, 6.07) is 26.1. The Hall–Kier alpha value is -3.18. The first kappa shape index (κ1) is 18.8. The van der Waals surface area contributed by atoms with E-state index in [1.165, 1.54) is 17.3 Å². The molecule has 0 atom stereocenters. The lowest BCUT2D eigenvalue weighted by Gasteiger charge is -2.29. The highest BCUT2D eigenvalue weighted by Gasteiger charge is 2.23. The van der Waals surface area contributed by atoms with E-state index in [1.54, 1.807) is 0 Å². The number of carbonyl (C=O) groups excluding carboxylic acids is 1. The summed E-state index contributed by atoms with van der Waals surface area (Å²) >= 11 is 1.47. The van der Waals surface area contributed by atoms with E-state index in [4.69, 9.17) is 9.97 Å². The van der Waals surface area contributed by atoms with Crippen LogP contribution in [0.3, 0.4) is 0 Å². The molecule has 30 heavy (non-hydrogen) atoms. The van der Waals surface area contributed by atoms with E-state index in [2.05, 4.69) is 6.07 Å². The summed E-state index contributed by atoms with van der Waals surface area (Å²) in [4.78, 5) is 24.7. The monoisotopic (exact) mass is 411 g/mol. The van der Waals surface area contributed by atoms with Crippen molar-refractivity contribution in [1.29, 1.82) is 0 Å². The number of fused-ring (bicyclic) bond motifs is 2. The minimum atomic E-state index is 0.112. The Bertz CT molecular complexity index is 1210. The molecule has 5 rings (SSSR count). The summed E-state index contributed by atoms with van der Waals surface area (Å²) in [5, 5.41) is 0.790. The van der Waals surface area contributed by atoms with Gasteiger partial charge in [0.1, 0.15) is 10.7 Å². The molecule has 1 aliphatic heterocycles. The lowest BCUT2D eigenvalue weighted by atomic mass is 10.0. The summed E-state index contributed by atoms with van der Waals surface area (Å²) in [5.41, 5.74) is 5.83. The van der Waals surface area contributed by atoms with E-state index >= 15 is 0 Å². The molecule has 3 aromatic carbocycles. The number of nitrogens with zero attached hydrogens (tertiary/aromatic N) is 3. The van der Waals surface area contributed by atoms with Crippen LogP contribution in [0.4, 0.5) is 5.69 Å². The van der Waals surface area contributed by atoms with E-state index in [0.717, 1.165) is 52.4 Å². The minimum absolute atomic E-state index is 0.112. The van der Waals surface area contributed by atoms with Crippen LogP contribution in [0.2, 0.25) is 0 Å². The molecule has 0 fully saturated rings. The summed E-state index contributed by atoms with van der Waals surface area (Å²) in [5.74, 6) is 0.447. The Morgan fingerprint density at radius 1 is 0.867 bits per heavy atom. The van der Waals surface area contributed by atoms with Gasteiger partial charge in [-0.15, -0.1) is 0 Å². The predicted molar refractivity (Wildman–Crippen MR) is 123 cm³/mol. The molecule has 0 saturated heterocycles. The topological polar surface area (TPSA) is 46.1 Å². The zero-order chi connectivity index (χ0) is 20.3. The largest absolute Gasteiger partial charge is 0.311 e. The summed E-state index contributed by atoms with van der Waals surface area (Å²) in [7, 11) is 0. The number of thioether (sulfide) groups is 1. The van der Waals surface area contributed by atoms with E-state index in [-0.39, 0.29) is 5.91 Å². The van der Waals surface area contributed by atoms with Gasteiger partial charge in [0.25, 0.3) is 0 Å². The SMILES string of the molecule is O=C(CSc1nc2ccccc2nc1-c1ccccc1)N1CCCc2ccccc21. The van der Waals surface area contributed by atoms with Crippen molar-refractivity contribution in [3.8, 4) is 11.3 Å². The fourth-order valence-corrected chi connectivity index (χ4v) is 4.75. The lowest BCUT2D eigenvalue weighted by Crippen LogP contribution is -2.36. The normalized spacial score (nSPS) is 13.3. The average molecular weight is 412 g/mol. The Balaban J connectivity index is 1.45. The van der Waals surface area contributed by atoms with Gasteiger partial charge >= 0.3 is 0 Å². The molecule has 2 heterocycles. The molecule has 1 aliphatic rings. The van der Waals surface area contributed by atoms with Gasteiger partial charge in [0, 0.05) is 17.8 Å². The second-order valence-corrected chi connectivity index (χ2v) is 8.26. The summed E-state index contributed by atoms with van der Waals surface area (Å²) in [6.45, 7) is 0.769. The number of anilines is 1. The van der Waals surface area contributed by atoms with E-state index in [1.807, 2.05) is 77.7 Å². The maximum atomic E-state index is 13.1. The number of amides is 1. The van der Waals surface area contributed by atoms with Crippen LogP contribution >= 0.6 is 11.8 Å². The average Bonchev–Trinajstić information content (AvgIpc) is 2.82. The molecule has 0 bridgehead atoms. The Kier molecular flexibility index (Phi) is 5.20. The maximum Gasteiger partial charge on any atom is 0.237 e. The highest BCUT2D eigenvalue weighted by molar-refractivity contribution is 8.00. The second-order valence-electron chi connectivity index (χ2n) is 7.30. The van der Waals surface area contributed by atoms with Crippen molar-refractivity contribution in [2.45, 2.75) is 17.9 Å². The summed E-state index contributed by atoms with van der Waals surface area (Å²) in [6.07, 6.45) is 2.03. The number of hydrogen-bond acceptors (Lipinski definition) is 4. The van der Waals surface area contributed by atoms with Gasteiger partial charge in [-0.2, -0.15) is 0 Å². The first-order chi connectivity index (χ1) is 14.8. The molecule has 148 valence electrons. The molecule has 1 aromatic heterocycles. The van der Waals surface area contributed by atoms with Gasteiger partial charge in [-0.1, -0.05) is 72.4 Å². The number of aryl methyl sites for hydroxylation is 1. The van der Waals surface area contributed by atoms with E-state index < -0.39 is 0 Å². The zero-order valence-corrected chi connectivity index (χ0v) is 17.3. The number of carbonyl (C=O) groups is 1. The van der Waals surface area contributed by atoms with Crippen LogP contribution in [0.1, 0.15) is 12.0 Å². The fourth-order valence-electron chi connectivity index (χ4n) is 3.87. The molecule has 0 spiro atoms. The lowest BCUT2D eigenvalue weighted by molar-refractivity contribution is -0.116. The number of benzene rings is 3. The molecule has 5 heteroatoms. The third-order valence-electron chi connectivity index (χ3n) is 5.33. The van der Waals surface area contributed by atoms with Crippen LogP contribution in [0.15, 0.2) is 83.9 Å². The van der Waals surface area contributed by atoms with Crippen molar-refractivity contribution in [1.82, 2.24) is 9.97 Å². The van der Waals surface area contributed by atoms with Crippen molar-refractivity contribution in [3.05, 3.63) is 84.4 Å². The molecule has 0 N–H and O–H groups in total. The van der Waals surface area contributed by atoms with Gasteiger partial charge in [-0.05, 0) is 36.6 Å². The van der Waals surface area contributed by atoms with E-state index in [9.17, 15) is 4.79 Å². The third-order valence-corrected chi connectivity index (χ3v) is 6.28. The summed E-state index contributed by atoms with van der Waals surface area (Å²) < 4.78 is 0. The predicted octanol–water partition coefficient (Wildman–Crippen LogP) is 5.37. The number of hydrogen-bond donors (Lipinski definition) is 0. The van der Waals surface area contributed by atoms with Crippen LogP contribution in [0.25, 0.3) is 22.3 Å². The minimum Gasteiger partial charge on any atom is -0.311 e. The van der Waals surface area contributed by atoms with Gasteiger partial charge in [0.15, 0.2) is 0 Å². The number of aromatic nitrogens is 2. The molecule has 0 saturated carbocycles. The van der Waals surface area contributed by atoms with Gasteiger partial charge in [-0.3, -0.25) is 4.79 Å². The Morgan fingerprint density at radius 3 is 2.40 bits per heavy atom. The first-order valence-corrected chi connectivity index (χ1v) is 11.1. The molecular weight excluding hydrogens is 390 g/mol. The van der Waals surface area contributed by atoms with Crippen molar-refractivity contribution >= 4 is 34.4 Å². The smallest absolute Gasteiger partial charge is 0.237 e. The standard InChI is InChI=1S/C25H21N3OS/c29-23(28-16-8-12-18-9-4-7-15-22(18)28)17-30-25-24(19-10-2-1-3-11-19)26-20-13-5-6-14-21(20)27-25/h1-7,9-11,13-15H,8,12,16-17H2. The molecule has 0 aliphatic carbocycles. The molecule has 4 aromatic rings. The highest BCUT2D eigenvalue weighted by atomic mass is 32.2. The van der Waals surface area contributed by atoms with Crippen LogP contribution in [0, 0.1) is 0 Å².